The van der Waals surface area contributed by atoms with Crippen molar-refractivity contribution in [3.8, 4) is 5.75 Å². The fourth-order valence-corrected chi connectivity index (χ4v) is 2.66. The number of ether oxygens (including phenoxy) is 1. The average Bonchev–Trinajstić information content (AvgIpc) is 2.43. The van der Waals surface area contributed by atoms with Gasteiger partial charge >= 0.3 is 0 Å². The summed E-state index contributed by atoms with van der Waals surface area (Å²) in [5.74, 6) is 1.17. The van der Waals surface area contributed by atoms with Gasteiger partial charge in [0.15, 0.2) is 0 Å². The quantitative estimate of drug-likeness (QED) is 0.885. The van der Waals surface area contributed by atoms with Gasteiger partial charge in [0, 0.05) is 18.2 Å². The van der Waals surface area contributed by atoms with Crippen molar-refractivity contribution in [2.24, 2.45) is 5.92 Å². The molecule has 1 N–H and O–H groups in total. The van der Waals surface area contributed by atoms with E-state index in [-0.39, 0.29) is 5.82 Å². The van der Waals surface area contributed by atoms with Crippen LogP contribution in [0.4, 0.5) is 4.39 Å². The van der Waals surface area contributed by atoms with Gasteiger partial charge in [0.25, 0.3) is 0 Å². The number of hydrogen-bond acceptors (Lipinski definition) is 3. The summed E-state index contributed by atoms with van der Waals surface area (Å²) in [7, 11) is 3.56. The molecule has 0 bridgehead atoms. The predicted octanol–water partition coefficient (Wildman–Crippen LogP) is 2.27. The maximum Gasteiger partial charge on any atom is 0.131 e. The molecule has 1 saturated heterocycles. The highest BCUT2D eigenvalue weighted by Gasteiger charge is 2.19. The number of methoxy groups -OCH3 is 1. The van der Waals surface area contributed by atoms with E-state index in [1.165, 1.54) is 18.9 Å². The van der Waals surface area contributed by atoms with E-state index in [2.05, 4.69) is 10.2 Å². The molecule has 0 aliphatic carbocycles. The maximum atomic E-state index is 13.9. The van der Waals surface area contributed by atoms with E-state index in [0.717, 1.165) is 31.1 Å². The first-order valence-corrected chi connectivity index (χ1v) is 6.92. The van der Waals surface area contributed by atoms with Crippen molar-refractivity contribution in [2.45, 2.75) is 19.4 Å². The summed E-state index contributed by atoms with van der Waals surface area (Å²) in [4.78, 5) is 2.33. The molecule has 0 saturated carbocycles. The molecular weight excluding hydrogens is 243 g/mol. The maximum absolute atomic E-state index is 13.9. The molecule has 1 aromatic carbocycles. The van der Waals surface area contributed by atoms with Crippen molar-refractivity contribution in [1.29, 1.82) is 0 Å². The number of piperidine rings is 1. The molecule has 0 atom stereocenters. The molecule has 1 heterocycles. The molecule has 2 rings (SSSR count). The summed E-state index contributed by atoms with van der Waals surface area (Å²) in [6.45, 7) is 3.89. The second kappa shape index (κ2) is 6.87. The molecule has 106 valence electrons. The van der Waals surface area contributed by atoms with Gasteiger partial charge in [0.05, 0.1) is 7.11 Å². The second-order valence-corrected chi connectivity index (χ2v) is 5.23. The first-order chi connectivity index (χ1) is 9.22. The highest BCUT2D eigenvalue weighted by atomic mass is 19.1. The van der Waals surface area contributed by atoms with E-state index in [0.29, 0.717) is 12.3 Å². The van der Waals surface area contributed by atoms with Crippen molar-refractivity contribution in [3.05, 3.63) is 29.6 Å². The Morgan fingerprint density at radius 2 is 2.11 bits per heavy atom. The molecule has 1 aliphatic heterocycles. The molecule has 3 nitrogen and oxygen atoms in total. The summed E-state index contributed by atoms with van der Waals surface area (Å²) >= 11 is 0. The molecule has 0 aromatic heterocycles. The molecule has 1 fully saturated rings. The Hall–Kier alpha value is -1.13. The Morgan fingerprint density at radius 3 is 2.68 bits per heavy atom. The van der Waals surface area contributed by atoms with E-state index in [4.69, 9.17) is 4.74 Å². The lowest BCUT2D eigenvalue weighted by Gasteiger charge is -2.31. The molecule has 0 amide bonds. The number of likely N-dealkylation sites (tertiary alicyclic amines) is 1. The monoisotopic (exact) mass is 266 g/mol. The number of hydrogen-bond donors (Lipinski definition) is 1. The molecule has 0 radical (unpaired) electrons. The van der Waals surface area contributed by atoms with Crippen molar-refractivity contribution in [3.63, 3.8) is 0 Å². The third-order valence-electron chi connectivity index (χ3n) is 3.85. The zero-order valence-electron chi connectivity index (χ0n) is 11.8. The van der Waals surface area contributed by atoms with Crippen molar-refractivity contribution >= 4 is 0 Å². The van der Waals surface area contributed by atoms with Crippen LogP contribution in [0.5, 0.6) is 5.75 Å². The lowest BCUT2D eigenvalue weighted by atomic mass is 9.96. The third-order valence-corrected chi connectivity index (χ3v) is 3.85. The molecule has 0 spiro atoms. The van der Waals surface area contributed by atoms with Gasteiger partial charge in [0.1, 0.15) is 11.6 Å². The second-order valence-electron chi connectivity index (χ2n) is 5.23. The standard InChI is InChI=1S/C15H23FN2O/c1-17-10-12-5-7-18(8-6-12)11-13-3-4-14(19-2)9-15(13)16/h3-4,9,12,17H,5-8,10-11H2,1-2H3. The van der Waals surface area contributed by atoms with Gasteiger partial charge in [-0.25, -0.2) is 4.39 Å². The Morgan fingerprint density at radius 1 is 1.37 bits per heavy atom. The van der Waals surface area contributed by atoms with Gasteiger partial charge in [-0.15, -0.1) is 0 Å². The molecular formula is C15H23FN2O. The Balaban J connectivity index is 1.88. The Labute approximate surface area is 114 Å². The summed E-state index contributed by atoms with van der Waals surface area (Å²) < 4.78 is 18.9. The lowest BCUT2D eigenvalue weighted by molar-refractivity contribution is 0.175. The van der Waals surface area contributed by atoms with Crippen LogP contribution in [0.15, 0.2) is 18.2 Å². The molecule has 4 heteroatoms. The van der Waals surface area contributed by atoms with E-state index in [1.807, 2.05) is 19.2 Å². The topological polar surface area (TPSA) is 24.5 Å². The third kappa shape index (κ3) is 3.91. The summed E-state index contributed by atoms with van der Waals surface area (Å²) in [6.07, 6.45) is 2.39. The smallest absolute Gasteiger partial charge is 0.131 e. The minimum atomic E-state index is -0.170. The first kappa shape index (κ1) is 14.3. The van der Waals surface area contributed by atoms with Crippen molar-refractivity contribution in [2.75, 3.05) is 33.8 Å². The number of halogens is 1. The predicted molar refractivity (Wildman–Crippen MR) is 74.9 cm³/mol. The molecule has 19 heavy (non-hydrogen) atoms. The number of rotatable bonds is 5. The van der Waals surface area contributed by atoms with E-state index in [1.54, 1.807) is 7.11 Å². The van der Waals surface area contributed by atoms with Crippen LogP contribution >= 0.6 is 0 Å². The summed E-state index contributed by atoms with van der Waals surface area (Å²) in [6, 6.07) is 5.11. The highest BCUT2D eigenvalue weighted by molar-refractivity contribution is 5.28. The van der Waals surface area contributed by atoms with Crippen molar-refractivity contribution in [1.82, 2.24) is 10.2 Å². The van der Waals surface area contributed by atoms with Crippen LogP contribution in [-0.2, 0) is 6.54 Å². The van der Waals surface area contributed by atoms with Gasteiger partial charge in [-0.3, -0.25) is 4.90 Å². The fourth-order valence-electron chi connectivity index (χ4n) is 2.66. The fraction of sp³-hybridized carbons (Fsp3) is 0.600. The normalized spacial score (nSPS) is 17.6. The number of benzene rings is 1. The largest absolute Gasteiger partial charge is 0.497 e. The minimum absolute atomic E-state index is 0.170. The van der Waals surface area contributed by atoms with Crippen LogP contribution in [0.25, 0.3) is 0 Å². The number of nitrogens with one attached hydrogen (secondary N) is 1. The van der Waals surface area contributed by atoms with Crippen LogP contribution in [0.1, 0.15) is 18.4 Å². The summed E-state index contributed by atoms with van der Waals surface area (Å²) in [5.41, 5.74) is 0.757. The van der Waals surface area contributed by atoms with E-state index < -0.39 is 0 Å². The first-order valence-electron chi connectivity index (χ1n) is 6.92. The van der Waals surface area contributed by atoms with Crippen LogP contribution in [-0.4, -0.2) is 38.7 Å². The van der Waals surface area contributed by atoms with E-state index >= 15 is 0 Å². The average molecular weight is 266 g/mol. The SMILES string of the molecule is CNCC1CCN(Cc2ccc(OC)cc2F)CC1. The van der Waals surface area contributed by atoms with E-state index in [9.17, 15) is 4.39 Å². The molecule has 1 aliphatic rings. The van der Waals surface area contributed by atoms with Gasteiger partial charge in [-0.1, -0.05) is 6.07 Å². The van der Waals surface area contributed by atoms with Crippen LogP contribution in [0.2, 0.25) is 0 Å². The zero-order chi connectivity index (χ0) is 13.7. The minimum Gasteiger partial charge on any atom is -0.497 e. The van der Waals surface area contributed by atoms with Crippen LogP contribution in [0.3, 0.4) is 0 Å². The summed E-state index contributed by atoms with van der Waals surface area (Å²) in [5, 5.41) is 3.23. The zero-order valence-corrected chi connectivity index (χ0v) is 11.8. The molecule has 1 aromatic rings. The highest BCUT2D eigenvalue weighted by Crippen LogP contribution is 2.21. The molecule has 0 unspecified atom stereocenters. The van der Waals surface area contributed by atoms with Gasteiger partial charge in [-0.2, -0.15) is 0 Å². The Kier molecular flexibility index (Phi) is 5.16. The van der Waals surface area contributed by atoms with Crippen LogP contribution in [0, 0.1) is 11.7 Å². The van der Waals surface area contributed by atoms with Gasteiger partial charge in [-0.05, 0) is 51.5 Å². The number of nitrogens with zero attached hydrogens (tertiary/aromatic N) is 1. The lowest BCUT2D eigenvalue weighted by Crippen LogP contribution is -2.36. The van der Waals surface area contributed by atoms with Gasteiger partial charge < -0.3 is 10.1 Å². The van der Waals surface area contributed by atoms with Crippen molar-refractivity contribution < 1.29 is 9.13 Å². The van der Waals surface area contributed by atoms with Crippen LogP contribution < -0.4 is 10.1 Å². The Bertz CT molecular complexity index is 403. The van der Waals surface area contributed by atoms with Gasteiger partial charge in [0.2, 0.25) is 0 Å².